The predicted octanol–water partition coefficient (Wildman–Crippen LogP) is 1.82. The summed E-state index contributed by atoms with van der Waals surface area (Å²) in [5.74, 6) is -0.628. The Morgan fingerprint density at radius 2 is 2.35 bits per heavy atom. The number of hydrogen-bond donors (Lipinski definition) is 1. The van der Waals surface area contributed by atoms with Crippen molar-refractivity contribution in [2.45, 2.75) is 12.5 Å². The van der Waals surface area contributed by atoms with Gasteiger partial charge in [-0.05, 0) is 18.6 Å². The first kappa shape index (κ1) is 12.7. The third-order valence-corrected chi connectivity index (χ3v) is 3.54. The van der Waals surface area contributed by atoms with Gasteiger partial charge < -0.3 is 10.6 Å². The molecule has 0 aliphatic carbocycles. The normalized spacial score (nSPS) is 18.7. The number of aromatic nitrogens is 1. The van der Waals surface area contributed by atoms with E-state index >= 15 is 0 Å². The lowest BCUT2D eigenvalue weighted by Crippen LogP contribution is -2.27. The van der Waals surface area contributed by atoms with E-state index in [0.29, 0.717) is 29.7 Å². The molecule has 3 rings (SSSR count). The third-order valence-electron chi connectivity index (χ3n) is 3.54. The minimum absolute atomic E-state index is 0.0108. The van der Waals surface area contributed by atoms with Crippen molar-refractivity contribution in [3.8, 4) is 0 Å². The molecule has 1 aliphatic rings. The highest BCUT2D eigenvalue weighted by molar-refractivity contribution is 5.97. The quantitative estimate of drug-likeness (QED) is 0.668. The van der Waals surface area contributed by atoms with Gasteiger partial charge in [-0.2, -0.15) is 0 Å². The van der Waals surface area contributed by atoms with E-state index in [1.54, 1.807) is 17.0 Å². The molecule has 1 aromatic carbocycles. The van der Waals surface area contributed by atoms with E-state index in [1.165, 1.54) is 6.20 Å². The van der Waals surface area contributed by atoms with Gasteiger partial charge in [0.2, 0.25) is 0 Å². The van der Waals surface area contributed by atoms with Crippen LogP contribution in [0.15, 0.2) is 24.4 Å². The molecule has 1 aliphatic heterocycles. The fourth-order valence-electron chi connectivity index (χ4n) is 2.62. The van der Waals surface area contributed by atoms with E-state index < -0.39 is 10.7 Å². The molecule has 20 heavy (non-hydrogen) atoms. The Morgan fingerprint density at radius 3 is 3.00 bits per heavy atom. The van der Waals surface area contributed by atoms with Crippen LogP contribution in [0.5, 0.6) is 0 Å². The van der Waals surface area contributed by atoms with E-state index in [4.69, 9.17) is 5.73 Å². The van der Waals surface area contributed by atoms with E-state index in [0.717, 1.165) is 12.5 Å². The van der Waals surface area contributed by atoms with Gasteiger partial charge in [-0.1, -0.05) is 0 Å². The molecule has 104 valence electrons. The van der Waals surface area contributed by atoms with Crippen molar-refractivity contribution in [1.29, 1.82) is 0 Å². The molecule has 2 N–H and O–H groups in total. The number of nitrogens with zero attached hydrogens (tertiary/aromatic N) is 3. The summed E-state index contributed by atoms with van der Waals surface area (Å²) in [4.78, 5) is 16.4. The molecule has 1 atom stereocenters. The molecule has 6 nitrogen and oxygen atoms in total. The van der Waals surface area contributed by atoms with Crippen molar-refractivity contribution in [1.82, 2.24) is 4.98 Å². The number of non-ortho nitro benzene ring substituents is 1. The highest BCUT2D eigenvalue weighted by atomic mass is 19.1. The van der Waals surface area contributed by atoms with Crippen LogP contribution in [0.2, 0.25) is 0 Å². The summed E-state index contributed by atoms with van der Waals surface area (Å²) in [5.41, 5.74) is 6.19. The lowest BCUT2D eigenvalue weighted by atomic mass is 10.1. The van der Waals surface area contributed by atoms with Crippen LogP contribution in [-0.4, -0.2) is 29.0 Å². The SMILES string of the molecule is NC1CCN(c2c(F)cc([N+](=O)[O-])c3cccnc23)C1. The number of nitro benzene ring substituents is 1. The maximum Gasteiger partial charge on any atom is 0.281 e. The standard InChI is InChI=1S/C13H13FN4O2/c14-10-6-11(18(19)20)9-2-1-4-16-12(9)13(10)17-5-3-8(15)7-17/h1-2,4,6,8H,3,5,7,15H2. The summed E-state index contributed by atoms with van der Waals surface area (Å²) in [6.07, 6.45) is 2.27. The van der Waals surface area contributed by atoms with Crippen molar-refractivity contribution in [3.05, 3.63) is 40.3 Å². The van der Waals surface area contributed by atoms with Crippen molar-refractivity contribution in [2.75, 3.05) is 18.0 Å². The lowest BCUT2D eigenvalue weighted by Gasteiger charge is -2.20. The number of halogens is 1. The number of pyridine rings is 1. The predicted molar refractivity (Wildman–Crippen MR) is 73.2 cm³/mol. The molecule has 1 saturated heterocycles. The van der Waals surface area contributed by atoms with Crippen molar-refractivity contribution in [3.63, 3.8) is 0 Å². The monoisotopic (exact) mass is 276 g/mol. The van der Waals surface area contributed by atoms with E-state index in [1.807, 2.05) is 0 Å². The Labute approximate surface area is 114 Å². The summed E-state index contributed by atoms with van der Waals surface area (Å²) in [6, 6.07) is 4.14. The summed E-state index contributed by atoms with van der Waals surface area (Å²) in [6.45, 7) is 1.15. The average molecular weight is 276 g/mol. The number of nitro groups is 1. The molecule has 1 unspecified atom stereocenters. The minimum atomic E-state index is -0.628. The van der Waals surface area contributed by atoms with Crippen LogP contribution in [-0.2, 0) is 0 Å². The van der Waals surface area contributed by atoms with Crippen LogP contribution in [0.3, 0.4) is 0 Å². The number of fused-ring (bicyclic) bond motifs is 1. The van der Waals surface area contributed by atoms with Crippen LogP contribution in [0.4, 0.5) is 15.8 Å². The first-order chi connectivity index (χ1) is 9.58. The number of nitrogens with two attached hydrogens (primary N) is 1. The van der Waals surface area contributed by atoms with Crippen LogP contribution >= 0.6 is 0 Å². The molecular formula is C13H13FN4O2. The number of benzene rings is 1. The van der Waals surface area contributed by atoms with Crippen molar-refractivity contribution < 1.29 is 9.31 Å². The molecule has 2 aromatic rings. The van der Waals surface area contributed by atoms with Gasteiger partial charge in [-0.3, -0.25) is 15.1 Å². The highest BCUT2D eigenvalue weighted by Crippen LogP contribution is 2.36. The second-order valence-electron chi connectivity index (χ2n) is 4.88. The Bertz CT molecular complexity index is 691. The smallest absolute Gasteiger partial charge is 0.281 e. The Kier molecular flexibility index (Phi) is 2.98. The minimum Gasteiger partial charge on any atom is -0.366 e. The number of rotatable bonds is 2. The molecular weight excluding hydrogens is 263 g/mol. The fraction of sp³-hybridized carbons (Fsp3) is 0.308. The molecule has 0 spiro atoms. The second-order valence-corrected chi connectivity index (χ2v) is 4.88. The second kappa shape index (κ2) is 4.68. The molecule has 0 bridgehead atoms. The maximum absolute atomic E-state index is 14.3. The van der Waals surface area contributed by atoms with Gasteiger partial charge in [0.15, 0.2) is 5.82 Å². The van der Waals surface area contributed by atoms with Gasteiger partial charge in [0.1, 0.15) is 11.2 Å². The van der Waals surface area contributed by atoms with Crippen LogP contribution in [0.1, 0.15) is 6.42 Å². The van der Waals surface area contributed by atoms with Gasteiger partial charge in [0.05, 0.1) is 16.4 Å². The molecule has 0 saturated carbocycles. The summed E-state index contributed by atoms with van der Waals surface area (Å²) < 4.78 is 14.3. The van der Waals surface area contributed by atoms with Crippen LogP contribution in [0.25, 0.3) is 10.9 Å². The molecule has 7 heteroatoms. The number of anilines is 1. The highest BCUT2D eigenvalue weighted by Gasteiger charge is 2.27. The largest absolute Gasteiger partial charge is 0.366 e. The van der Waals surface area contributed by atoms with Crippen molar-refractivity contribution in [2.24, 2.45) is 5.73 Å². The molecule has 0 radical (unpaired) electrons. The molecule has 1 fully saturated rings. The van der Waals surface area contributed by atoms with Crippen LogP contribution in [0, 0.1) is 15.9 Å². The van der Waals surface area contributed by atoms with Gasteiger partial charge >= 0.3 is 0 Å². The van der Waals surface area contributed by atoms with E-state index in [2.05, 4.69) is 4.98 Å². The Balaban J connectivity index is 2.25. The summed E-state index contributed by atoms with van der Waals surface area (Å²) >= 11 is 0. The Hall–Kier alpha value is -2.28. The average Bonchev–Trinajstić information content (AvgIpc) is 2.83. The zero-order valence-corrected chi connectivity index (χ0v) is 10.6. The third kappa shape index (κ3) is 1.96. The lowest BCUT2D eigenvalue weighted by molar-refractivity contribution is -0.383. The summed E-state index contributed by atoms with van der Waals surface area (Å²) in [5, 5.41) is 11.4. The van der Waals surface area contributed by atoms with Gasteiger partial charge in [0, 0.05) is 25.3 Å². The number of hydrogen-bond acceptors (Lipinski definition) is 5. The van der Waals surface area contributed by atoms with Crippen molar-refractivity contribution >= 4 is 22.3 Å². The molecule has 0 amide bonds. The topological polar surface area (TPSA) is 85.3 Å². The van der Waals surface area contributed by atoms with Gasteiger partial charge in [-0.25, -0.2) is 4.39 Å². The van der Waals surface area contributed by atoms with Gasteiger partial charge in [0.25, 0.3) is 5.69 Å². The van der Waals surface area contributed by atoms with Gasteiger partial charge in [-0.15, -0.1) is 0 Å². The van der Waals surface area contributed by atoms with Crippen LogP contribution < -0.4 is 10.6 Å². The first-order valence-corrected chi connectivity index (χ1v) is 6.30. The summed E-state index contributed by atoms with van der Waals surface area (Å²) in [7, 11) is 0. The zero-order chi connectivity index (χ0) is 14.3. The van der Waals surface area contributed by atoms with E-state index in [-0.39, 0.29) is 11.7 Å². The molecule has 2 heterocycles. The Morgan fingerprint density at radius 1 is 1.55 bits per heavy atom. The maximum atomic E-state index is 14.3. The zero-order valence-electron chi connectivity index (χ0n) is 10.6. The first-order valence-electron chi connectivity index (χ1n) is 6.30. The van der Waals surface area contributed by atoms with E-state index in [9.17, 15) is 14.5 Å². The fourth-order valence-corrected chi connectivity index (χ4v) is 2.62. The molecule has 1 aromatic heterocycles.